The number of aryl methyl sites for hydroxylation is 1. The number of carbonyl (C=O) groups is 2. The number of carbonyl (C=O) groups excluding carboxylic acids is 1. The number of nitrogens with zero attached hydrogens (tertiary/aromatic N) is 4. The highest BCUT2D eigenvalue weighted by molar-refractivity contribution is 7.15. The molecule has 0 spiro atoms. The Balaban J connectivity index is 1.70. The van der Waals surface area contributed by atoms with Crippen molar-refractivity contribution < 1.29 is 19.4 Å². The number of hydrogen-bond acceptors (Lipinski definition) is 8. The van der Waals surface area contributed by atoms with Crippen molar-refractivity contribution in [3.8, 4) is 10.6 Å². The number of aromatic nitrogens is 3. The highest BCUT2D eigenvalue weighted by atomic mass is 32.1. The molecule has 3 heterocycles. The van der Waals surface area contributed by atoms with Gasteiger partial charge in [0.2, 0.25) is 0 Å². The minimum absolute atomic E-state index is 0.0177. The number of carboxylic acid groups (broad SMARTS) is 1. The lowest BCUT2D eigenvalue weighted by Crippen LogP contribution is -2.31. The molecule has 1 amide bonds. The summed E-state index contributed by atoms with van der Waals surface area (Å²) in [6.07, 6.45) is 3.25. The number of hydrogen-bond donors (Lipinski definition) is 2. The van der Waals surface area contributed by atoms with E-state index in [4.69, 9.17) is 9.84 Å². The van der Waals surface area contributed by atoms with E-state index in [1.54, 1.807) is 12.4 Å². The summed E-state index contributed by atoms with van der Waals surface area (Å²) in [4.78, 5) is 38.4. The van der Waals surface area contributed by atoms with E-state index in [1.807, 2.05) is 37.3 Å². The first kappa shape index (κ1) is 22.2. The van der Waals surface area contributed by atoms with Gasteiger partial charge in [-0.05, 0) is 43.2 Å². The van der Waals surface area contributed by atoms with E-state index in [0.717, 1.165) is 16.1 Å². The van der Waals surface area contributed by atoms with Gasteiger partial charge in [-0.25, -0.2) is 19.7 Å². The predicted octanol–water partition coefficient (Wildman–Crippen LogP) is 4.09. The summed E-state index contributed by atoms with van der Waals surface area (Å²) >= 11 is 1.42. The van der Waals surface area contributed by atoms with E-state index in [2.05, 4.69) is 20.3 Å². The van der Waals surface area contributed by atoms with Gasteiger partial charge < -0.3 is 20.1 Å². The van der Waals surface area contributed by atoms with Crippen molar-refractivity contribution in [3.63, 3.8) is 0 Å². The van der Waals surface area contributed by atoms with E-state index in [9.17, 15) is 9.59 Å². The van der Waals surface area contributed by atoms with Crippen LogP contribution in [0.15, 0.2) is 42.7 Å². The van der Waals surface area contributed by atoms with Crippen LogP contribution in [0.1, 0.15) is 23.4 Å². The van der Waals surface area contributed by atoms with Gasteiger partial charge in [-0.3, -0.25) is 4.79 Å². The van der Waals surface area contributed by atoms with Crippen LogP contribution in [0.2, 0.25) is 0 Å². The van der Waals surface area contributed by atoms with Crippen molar-refractivity contribution >= 4 is 35.0 Å². The number of ether oxygens (including phenoxy) is 1. The number of nitrogens with one attached hydrogen (secondary N) is 1. The fourth-order valence-corrected chi connectivity index (χ4v) is 3.73. The molecule has 3 aromatic heterocycles. The Morgan fingerprint density at radius 1 is 1.23 bits per heavy atom. The normalized spacial score (nSPS) is 10.5. The van der Waals surface area contributed by atoms with Crippen LogP contribution >= 0.6 is 11.3 Å². The highest BCUT2D eigenvalue weighted by Gasteiger charge is 2.17. The fourth-order valence-electron chi connectivity index (χ4n) is 2.83. The van der Waals surface area contributed by atoms with Crippen molar-refractivity contribution in [2.75, 3.05) is 19.0 Å². The summed E-state index contributed by atoms with van der Waals surface area (Å²) in [7, 11) is 1.30. The number of pyridine rings is 2. The molecular formula is C21H23N5O4S. The van der Waals surface area contributed by atoms with E-state index >= 15 is 0 Å². The Hall–Kier alpha value is -3.53. The second kappa shape index (κ2) is 10.5. The lowest BCUT2D eigenvalue weighted by Gasteiger charge is -2.19. The van der Waals surface area contributed by atoms with E-state index in [-0.39, 0.29) is 19.5 Å². The molecule has 0 aliphatic rings. The molecule has 0 radical (unpaired) electrons. The van der Waals surface area contributed by atoms with Crippen LogP contribution in [0.4, 0.5) is 16.4 Å². The minimum Gasteiger partial charge on any atom is -0.481 e. The molecule has 0 bridgehead atoms. The second-order valence-electron chi connectivity index (χ2n) is 6.76. The van der Waals surface area contributed by atoms with Crippen LogP contribution in [0.5, 0.6) is 0 Å². The molecule has 31 heavy (non-hydrogen) atoms. The molecule has 0 aromatic carbocycles. The lowest BCUT2D eigenvalue weighted by molar-refractivity contribution is -0.137. The van der Waals surface area contributed by atoms with Gasteiger partial charge in [-0.1, -0.05) is 6.07 Å². The molecule has 0 aliphatic carbocycles. The van der Waals surface area contributed by atoms with E-state index < -0.39 is 12.1 Å². The van der Waals surface area contributed by atoms with Crippen LogP contribution in [0, 0.1) is 6.92 Å². The second-order valence-corrected chi connectivity index (χ2v) is 7.87. The van der Waals surface area contributed by atoms with Crippen molar-refractivity contribution in [1.29, 1.82) is 0 Å². The Bertz CT molecular complexity index is 1060. The maximum atomic E-state index is 12.0. The summed E-state index contributed by atoms with van der Waals surface area (Å²) in [5, 5.41) is 12.7. The van der Waals surface area contributed by atoms with Gasteiger partial charge in [0, 0.05) is 25.4 Å². The molecule has 0 aliphatic heterocycles. The van der Waals surface area contributed by atoms with Crippen LogP contribution in [-0.4, -0.2) is 50.7 Å². The van der Waals surface area contributed by atoms with Crippen LogP contribution in [0.3, 0.4) is 0 Å². The van der Waals surface area contributed by atoms with Gasteiger partial charge >= 0.3 is 12.1 Å². The maximum absolute atomic E-state index is 12.0. The molecular weight excluding hydrogens is 418 g/mol. The van der Waals surface area contributed by atoms with Crippen LogP contribution < -0.4 is 5.32 Å². The first-order valence-corrected chi connectivity index (χ1v) is 10.4. The average molecular weight is 442 g/mol. The largest absolute Gasteiger partial charge is 0.481 e. The van der Waals surface area contributed by atoms with Crippen molar-refractivity contribution in [3.05, 3.63) is 53.3 Å². The average Bonchev–Trinajstić information content (AvgIpc) is 3.21. The fraction of sp³-hybridized carbons (Fsp3) is 0.286. The first-order chi connectivity index (χ1) is 14.9. The summed E-state index contributed by atoms with van der Waals surface area (Å²) in [5.41, 5.74) is 1.84. The van der Waals surface area contributed by atoms with Gasteiger partial charge in [0.05, 0.1) is 24.2 Å². The Kier molecular flexibility index (Phi) is 7.50. The number of methoxy groups -OCH3 is 1. The Morgan fingerprint density at radius 3 is 2.81 bits per heavy atom. The van der Waals surface area contributed by atoms with Crippen molar-refractivity contribution in [2.45, 2.75) is 26.3 Å². The van der Waals surface area contributed by atoms with Crippen LogP contribution in [-0.2, 0) is 16.1 Å². The molecule has 3 aromatic rings. The molecule has 0 saturated heterocycles. The third kappa shape index (κ3) is 6.48. The summed E-state index contributed by atoms with van der Waals surface area (Å²) < 4.78 is 4.80. The lowest BCUT2D eigenvalue weighted by atomic mass is 10.3. The number of anilines is 2. The number of carboxylic acids is 1. The van der Waals surface area contributed by atoms with Gasteiger partial charge in [0.25, 0.3) is 0 Å². The number of amides is 1. The van der Waals surface area contributed by atoms with E-state index in [1.165, 1.54) is 23.3 Å². The van der Waals surface area contributed by atoms with Gasteiger partial charge in [0.15, 0.2) is 0 Å². The summed E-state index contributed by atoms with van der Waals surface area (Å²) in [5.74, 6) is 0.474. The molecule has 162 valence electrons. The molecule has 9 nitrogen and oxygen atoms in total. The summed E-state index contributed by atoms with van der Waals surface area (Å²) in [6, 6.07) is 9.50. The smallest absolute Gasteiger partial charge is 0.409 e. The first-order valence-electron chi connectivity index (χ1n) is 9.61. The van der Waals surface area contributed by atoms with Crippen molar-refractivity contribution in [2.24, 2.45) is 0 Å². The van der Waals surface area contributed by atoms with E-state index in [0.29, 0.717) is 23.1 Å². The quantitative estimate of drug-likeness (QED) is 0.510. The number of thiazole rings is 1. The molecule has 3 rings (SSSR count). The minimum atomic E-state index is -0.901. The number of rotatable bonds is 9. The Morgan fingerprint density at radius 2 is 2.06 bits per heavy atom. The van der Waals surface area contributed by atoms with Crippen LogP contribution in [0.25, 0.3) is 10.6 Å². The molecule has 0 atom stereocenters. The zero-order valence-corrected chi connectivity index (χ0v) is 18.1. The highest BCUT2D eigenvalue weighted by Crippen LogP contribution is 2.27. The zero-order valence-electron chi connectivity index (χ0n) is 17.2. The zero-order chi connectivity index (χ0) is 22.2. The standard InChI is InChI=1S/C21H23N5O4S/c1-14-8-9-22-18(11-14)25-17-6-3-5-15(24-17)16-12-23-19(31-16)13-26(21(29)30-2)10-4-7-20(27)28/h3,5-6,8-9,11-12H,4,7,10,13H2,1-2H3,(H,27,28)(H,22,24,25). The molecule has 0 fully saturated rings. The molecule has 0 unspecified atom stereocenters. The SMILES string of the molecule is COC(=O)N(CCCC(=O)O)Cc1ncc(-c2cccc(Nc3cc(C)ccn3)n2)s1. The number of aliphatic carboxylic acids is 1. The molecule has 2 N–H and O–H groups in total. The van der Waals surface area contributed by atoms with Gasteiger partial charge in [-0.15, -0.1) is 11.3 Å². The van der Waals surface area contributed by atoms with Crippen molar-refractivity contribution in [1.82, 2.24) is 19.9 Å². The Labute approximate surface area is 183 Å². The third-order valence-electron chi connectivity index (χ3n) is 4.30. The summed E-state index contributed by atoms with van der Waals surface area (Å²) in [6.45, 7) is 2.51. The predicted molar refractivity (Wildman–Crippen MR) is 117 cm³/mol. The van der Waals surface area contributed by atoms with Gasteiger partial charge in [0.1, 0.15) is 16.6 Å². The molecule has 10 heteroatoms. The topological polar surface area (TPSA) is 118 Å². The van der Waals surface area contributed by atoms with Gasteiger partial charge in [-0.2, -0.15) is 0 Å². The monoisotopic (exact) mass is 441 g/mol. The maximum Gasteiger partial charge on any atom is 0.409 e. The molecule has 0 saturated carbocycles. The third-order valence-corrected chi connectivity index (χ3v) is 5.31.